The first-order valence-electron chi connectivity index (χ1n) is 6.71. The van der Waals surface area contributed by atoms with Gasteiger partial charge in [0.2, 0.25) is 0 Å². The lowest BCUT2D eigenvalue weighted by Gasteiger charge is -2.13. The van der Waals surface area contributed by atoms with Gasteiger partial charge in [0.05, 0.1) is 15.4 Å². The van der Waals surface area contributed by atoms with Crippen molar-refractivity contribution in [2.75, 3.05) is 0 Å². The molecule has 1 atom stereocenters. The maximum absolute atomic E-state index is 6.56. The van der Waals surface area contributed by atoms with E-state index in [9.17, 15) is 0 Å². The van der Waals surface area contributed by atoms with E-state index in [-0.39, 0.29) is 5.38 Å². The molecular formula is C18H13Cl3. The van der Waals surface area contributed by atoms with E-state index in [2.05, 4.69) is 30.3 Å². The maximum atomic E-state index is 6.56. The zero-order chi connectivity index (χ0) is 14.8. The number of hydrogen-bond acceptors (Lipinski definition) is 0. The third-order valence-electron chi connectivity index (χ3n) is 3.58. The van der Waals surface area contributed by atoms with Gasteiger partial charge in [-0.1, -0.05) is 71.7 Å². The van der Waals surface area contributed by atoms with Gasteiger partial charge >= 0.3 is 0 Å². The molecule has 0 aliphatic heterocycles. The van der Waals surface area contributed by atoms with Crippen LogP contribution in [0.2, 0.25) is 10.0 Å². The van der Waals surface area contributed by atoms with Gasteiger partial charge in [-0.2, -0.15) is 0 Å². The standard InChI is InChI=1S/C18H13Cl3/c19-16-9-8-14(11-18(16)21)17(20)10-13-6-3-5-12-4-1-2-7-15(12)13/h1-9,11,17H,10H2. The van der Waals surface area contributed by atoms with Crippen LogP contribution in [0.3, 0.4) is 0 Å². The Morgan fingerprint density at radius 2 is 1.57 bits per heavy atom. The Morgan fingerprint density at radius 3 is 2.38 bits per heavy atom. The number of halogens is 3. The summed E-state index contributed by atoms with van der Waals surface area (Å²) >= 11 is 18.6. The molecular weight excluding hydrogens is 323 g/mol. The highest BCUT2D eigenvalue weighted by Crippen LogP contribution is 2.32. The van der Waals surface area contributed by atoms with Crippen LogP contribution in [0.5, 0.6) is 0 Å². The molecule has 3 aromatic rings. The Bertz CT molecular complexity index is 775. The van der Waals surface area contributed by atoms with Gasteiger partial charge in [-0.25, -0.2) is 0 Å². The quantitative estimate of drug-likeness (QED) is 0.469. The van der Waals surface area contributed by atoms with E-state index in [1.807, 2.05) is 24.3 Å². The molecule has 0 amide bonds. The summed E-state index contributed by atoms with van der Waals surface area (Å²) in [5.41, 5.74) is 2.22. The van der Waals surface area contributed by atoms with E-state index in [1.165, 1.54) is 16.3 Å². The molecule has 0 radical (unpaired) electrons. The zero-order valence-electron chi connectivity index (χ0n) is 11.2. The molecule has 0 saturated heterocycles. The molecule has 21 heavy (non-hydrogen) atoms. The summed E-state index contributed by atoms with van der Waals surface area (Å²) < 4.78 is 0. The molecule has 3 aromatic carbocycles. The van der Waals surface area contributed by atoms with Gasteiger partial charge in [-0.05, 0) is 40.5 Å². The Morgan fingerprint density at radius 1 is 0.810 bits per heavy atom. The number of fused-ring (bicyclic) bond motifs is 1. The third kappa shape index (κ3) is 3.18. The van der Waals surface area contributed by atoms with E-state index < -0.39 is 0 Å². The highest BCUT2D eigenvalue weighted by atomic mass is 35.5. The van der Waals surface area contributed by atoms with Crippen molar-refractivity contribution in [1.82, 2.24) is 0 Å². The normalized spacial score (nSPS) is 12.5. The summed E-state index contributed by atoms with van der Waals surface area (Å²) in [7, 11) is 0. The number of alkyl halides is 1. The summed E-state index contributed by atoms with van der Waals surface area (Å²) in [5.74, 6) is 0. The van der Waals surface area contributed by atoms with Crippen molar-refractivity contribution in [3.63, 3.8) is 0 Å². The fourth-order valence-electron chi connectivity index (χ4n) is 2.49. The number of hydrogen-bond donors (Lipinski definition) is 0. The second-order valence-corrected chi connectivity index (χ2v) is 6.32. The molecule has 0 fully saturated rings. The molecule has 0 bridgehead atoms. The van der Waals surface area contributed by atoms with E-state index in [4.69, 9.17) is 34.8 Å². The molecule has 0 aliphatic rings. The van der Waals surface area contributed by atoms with E-state index >= 15 is 0 Å². The summed E-state index contributed by atoms with van der Waals surface area (Å²) in [6.45, 7) is 0. The lowest BCUT2D eigenvalue weighted by Crippen LogP contribution is -1.97. The highest BCUT2D eigenvalue weighted by Gasteiger charge is 2.12. The second-order valence-electron chi connectivity index (χ2n) is 4.98. The van der Waals surface area contributed by atoms with Crippen molar-refractivity contribution in [3.05, 3.63) is 81.8 Å². The highest BCUT2D eigenvalue weighted by molar-refractivity contribution is 6.42. The van der Waals surface area contributed by atoms with E-state index in [1.54, 1.807) is 6.07 Å². The largest absolute Gasteiger partial charge is 0.117 e. The minimum Gasteiger partial charge on any atom is -0.117 e. The molecule has 106 valence electrons. The first kappa shape index (κ1) is 14.7. The fraction of sp³-hybridized carbons (Fsp3) is 0.111. The SMILES string of the molecule is Clc1ccc(C(Cl)Cc2cccc3ccccc23)cc1Cl. The zero-order valence-corrected chi connectivity index (χ0v) is 13.5. The van der Waals surface area contributed by atoms with Crippen LogP contribution in [0.25, 0.3) is 10.8 Å². The molecule has 0 spiro atoms. The average Bonchev–Trinajstić information content (AvgIpc) is 2.50. The van der Waals surface area contributed by atoms with Gasteiger partial charge < -0.3 is 0 Å². The van der Waals surface area contributed by atoms with Crippen LogP contribution in [0, 0.1) is 0 Å². The summed E-state index contributed by atoms with van der Waals surface area (Å²) in [6, 6.07) is 20.2. The van der Waals surface area contributed by atoms with Crippen LogP contribution in [-0.4, -0.2) is 0 Å². The lowest BCUT2D eigenvalue weighted by molar-refractivity contribution is 0.928. The van der Waals surface area contributed by atoms with Crippen molar-refractivity contribution in [3.8, 4) is 0 Å². The van der Waals surface area contributed by atoms with Crippen molar-refractivity contribution >= 4 is 45.6 Å². The van der Waals surface area contributed by atoms with Crippen LogP contribution in [-0.2, 0) is 6.42 Å². The molecule has 0 heterocycles. The molecule has 0 aliphatic carbocycles. The first-order chi connectivity index (χ1) is 10.1. The molecule has 3 rings (SSSR count). The monoisotopic (exact) mass is 334 g/mol. The predicted molar refractivity (Wildman–Crippen MR) is 92.7 cm³/mol. The topological polar surface area (TPSA) is 0 Å². The Hall–Kier alpha value is -1.21. The third-order valence-corrected chi connectivity index (χ3v) is 4.73. The molecule has 0 nitrogen and oxygen atoms in total. The van der Waals surface area contributed by atoms with Gasteiger partial charge in [0.25, 0.3) is 0 Å². The molecule has 3 heteroatoms. The molecule has 0 N–H and O–H groups in total. The molecule has 0 saturated carbocycles. The van der Waals surface area contributed by atoms with Gasteiger partial charge in [-0.3, -0.25) is 0 Å². The number of benzene rings is 3. The van der Waals surface area contributed by atoms with Crippen molar-refractivity contribution in [2.45, 2.75) is 11.8 Å². The Balaban J connectivity index is 1.92. The minimum absolute atomic E-state index is 0.134. The van der Waals surface area contributed by atoms with Gasteiger partial charge in [0.1, 0.15) is 0 Å². The van der Waals surface area contributed by atoms with Crippen molar-refractivity contribution < 1.29 is 0 Å². The summed E-state index contributed by atoms with van der Waals surface area (Å²) in [6.07, 6.45) is 0.751. The Kier molecular flexibility index (Phi) is 4.40. The summed E-state index contributed by atoms with van der Waals surface area (Å²) in [5, 5.41) is 3.43. The predicted octanol–water partition coefficient (Wildman–Crippen LogP) is 6.67. The van der Waals surface area contributed by atoms with Crippen LogP contribution >= 0.6 is 34.8 Å². The fourth-order valence-corrected chi connectivity index (χ4v) is 3.10. The first-order valence-corrected chi connectivity index (χ1v) is 7.90. The Labute approximate surface area is 139 Å². The van der Waals surface area contributed by atoms with E-state index in [0.29, 0.717) is 10.0 Å². The van der Waals surface area contributed by atoms with Crippen molar-refractivity contribution in [2.24, 2.45) is 0 Å². The van der Waals surface area contributed by atoms with Gasteiger partial charge in [-0.15, -0.1) is 11.6 Å². The minimum atomic E-state index is -0.134. The number of rotatable bonds is 3. The molecule has 0 aromatic heterocycles. The van der Waals surface area contributed by atoms with Crippen LogP contribution in [0.1, 0.15) is 16.5 Å². The maximum Gasteiger partial charge on any atom is 0.0626 e. The lowest BCUT2D eigenvalue weighted by atomic mass is 9.98. The van der Waals surface area contributed by atoms with Crippen LogP contribution < -0.4 is 0 Å². The van der Waals surface area contributed by atoms with Crippen LogP contribution in [0.15, 0.2) is 60.7 Å². The average molecular weight is 336 g/mol. The van der Waals surface area contributed by atoms with Gasteiger partial charge in [0.15, 0.2) is 0 Å². The second kappa shape index (κ2) is 6.27. The van der Waals surface area contributed by atoms with Crippen molar-refractivity contribution in [1.29, 1.82) is 0 Å². The van der Waals surface area contributed by atoms with Crippen LogP contribution in [0.4, 0.5) is 0 Å². The van der Waals surface area contributed by atoms with E-state index in [0.717, 1.165) is 12.0 Å². The smallest absolute Gasteiger partial charge is 0.0626 e. The van der Waals surface area contributed by atoms with Gasteiger partial charge in [0, 0.05) is 0 Å². The molecule has 1 unspecified atom stereocenters. The summed E-state index contributed by atoms with van der Waals surface area (Å²) in [4.78, 5) is 0.